The molecule has 0 bridgehead atoms. The second-order valence-electron chi connectivity index (χ2n) is 4.32. The van der Waals surface area contributed by atoms with E-state index in [9.17, 15) is 4.79 Å². The van der Waals surface area contributed by atoms with Crippen molar-refractivity contribution in [1.29, 1.82) is 0 Å². The molecule has 0 radical (unpaired) electrons. The minimum absolute atomic E-state index is 0.00478. The number of hydrogen-bond donors (Lipinski definition) is 1. The first kappa shape index (κ1) is 13.3. The van der Waals surface area contributed by atoms with E-state index in [0.29, 0.717) is 13.2 Å². The minimum Gasteiger partial charge on any atom is -0.380 e. The molecule has 1 aliphatic rings. The summed E-state index contributed by atoms with van der Waals surface area (Å²) in [7, 11) is 1.69. The first-order valence-corrected chi connectivity index (χ1v) is 6.85. The molecule has 2 rings (SSSR count). The van der Waals surface area contributed by atoms with E-state index in [1.54, 1.807) is 7.11 Å². The maximum absolute atomic E-state index is 12.2. The Hall–Kier alpha value is -1.17. The zero-order valence-electron chi connectivity index (χ0n) is 10.5. The summed E-state index contributed by atoms with van der Waals surface area (Å²) in [6, 6.07) is 3.30. The fourth-order valence-corrected chi connectivity index (χ4v) is 2.73. The van der Waals surface area contributed by atoms with Gasteiger partial charge in [-0.25, -0.2) is 0 Å². The van der Waals surface area contributed by atoms with Crippen molar-refractivity contribution in [2.45, 2.75) is 12.5 Å². The van der Waals surface area contributed by atoms with Crippen molar-refractivity contribution in [1.82, 2.24) is 4.90 Å². The predicted molar refractivity (Wildman–Crippen MR) is 72.4 cm³/mol. The van der Waals surface area contributed by atoms with Crippen molar-refractivity contribution < 1.29 is 9.53 Å². The van der Waals surface area contributed by atoms with E-state index >= 15 is 0 Å². The number of carbonyl (C=O) groups excluding carboxylic acids is 1. The SMILES string of the molecule is COCC1=CCN(C(=O)C(N)c2cccs2)CC1. The molecular formula is C13H18N2O2S. The van der Waals surface area contributed by atoms with E-state index in [1.807, 2.05) is 22.4 Å². The van der Waals surface area contributed by atoms with Crippen LogP contribution in [-0.2, 0) is 9.53 Å². The molecule has 0 aromatic carbocycles. The van der Waals surface area contributed by atoms with Crippen LogP contribution in [0.3, 0.4) is 0 Å². The average Bonchev–Trinajstić information content (AvgIpc) is 2.92. The second kappa shape index (κ2) is 6.13. The average molecular weight is 266 g/mol. The summed E-state index contributed by atoms with van der Waals surface area (Å²) in [5.74, 6) is 0.00478. The fourth-order valence-electron chi connectivity index (χ4n) is 2.01. The van der Waals surface area contributed by atoms with Crippen LogP contribution in [0, 0.1) is 0 Å². The molecular weight excluding hydrogens is 248 g/mol. The Morgan fingerprint density at radius 1 is 1.67 bits per heavy atom. The number of carbonyl (C=O) groups is 1. The number of rotatable bonds is 4. The van der Waals surface area contributed by atoms with Gasteiger partial charge in [0, 0.05) is 25.1 Å². The Bertz CT molecular complexity index is 428. The number of hydrogen-bond acceptors (Lipinski definition) is 4. The van der Waals surface area contributed by atoms with Crippen LogP contribution in [0.25, 0.3) is 0 Å². The number of ether oxygens (including phenoxy) is 1. The monoisotopic (exact) mass is 266 g/mol. The predicted octanol–water partition coefficient (Wildman–Crippen LogP) is 1.55. The lowest BCUT2D eigenvalue weighted by Gasteiger charge is -2.28. The molecule has 0 aliphatic carbocycles. The smallest absolute Gasteiger partial charge is 0.245 e. The third-order valence-corrected chi connectivity index (χ3v) is 4.02. The van der Waals surface area contributed by atoms with Crippen LogP contribution in [-0.4, -0.2) is 37.6 Å². The van der Waals surface area contributed by atoms with Gasteiger partial charge in [0.15, 0.2) is 0 Å². The highest BCUT2D eigenvalue weighted by atomic mass is 32.1. The quantitative estimate of drug-likeness (QED) is 0.841. The summed E-state index contributed by atoms with van der Waals surface area (Å²) in [5, 5.41) is 1.94. The molecule has 1 amide bonds. The van der Waals surface area contributed by atoms with Crippen LogP contribution in [0.4, 0.5) is 0 Å². The van der Waals surface area contributed by atoms with E-state index in [1.165, 1.54) is 16.9 Å². The molecule has 0 spiro atoms. The van der Waals surface area contributed by atoms with Crippen LogP contribution in [0.15, 0.2) is 29.2 Å². The highest BCUT2D eigenvalue weighted by Gasteiger charge is 2.24. The summed E-state index contributed by atoms with van der Waals surface area (Å²) in [5.41, 5.74) is 7.24. The Balaban J connectivity index is 1.95. The van der Waals surface area contributed by atoms with Crippen LogP contribution < -0.4 is 5.73 Å². The van der Waals surface area contributed by atoms with E-state index in [0.717, 1.165) is 17.8 Å². The molecule has 2 N–H and O–H groups in total. The number of methoxy groups -OCH3 is 1. The fraction of sp³-hybridized carbons (Fsp3) is 0.462. The first-order valence-electron chi connectivity index (χ1n) is 5.97. The van der Waals surface area contributed by atoms with Crippen LogP contribution in [0.5, 0.6) is 0 Å². The molecule has 1 aromatic heterocycles. The van der Waals surface area contributed by atoms with E-state index < -0.39 is 6.04 Å². The number of nitrogens with zero attached hydrogens (tertiary/aromatic N) is 1. The highest BCUT2D eigenvalue weighted by Crippen LogP contribution is 2.20. The van der Waals surface area contributed by atoms with Gasteiger partial charge in [0.05, 0.1) is 6.61 Å². The molecule has 0 saturated heterocycles. The summed E-state index contributed by atoms with van der Waals surface area (Å²) >= 11 is 1.52. The molecule has 1 unspecified atom stereocenters. The molecule has 1 atom stereocenters. The molecule has 1 aromatic rings. The van der Waals surface area contributed by atoms with Gasteiger partial charge >= 0.3 is 0 Å². The molecule has 2 heterocycles. The highest BCUT2D eigenvalue weighted by molar-refractivity contribution is 7.10. The van der Waals surface area contributed by atoms with Crippen molar-refractivity contribution >= 4 is 17.2 Å². The van der Waals surface area contributed by atoms with Crippen molar-refractivity contribution in [3.05, 3.63) is 34.0 Å². The lowest BCUT2D eigenvalue weighted by molar-refractivity contribution is -0.132. The van der Waals surface area contributed by atoms with Crippen LogP contribution >= 0.6 is 11.3 Å². The molecule has 18 heavy (non-hydrogen) atoms. The Labute approximate surface area is 111 Å². The summed E-state index contributed by atoms with van der Waals surface area (Å²) in [6.45, 7) is 2.02. The van der Waals surface area contributed by atoms with Crippen LogP contribution in [0.1, 0.15) is 17.3 Å². The number of thiophene rings is 1. The molecule has 4 nitrogen and oxygen atoms in total. The van der Waals surface area contributed by atoms with Crippen molar-refractivity contribution in [3.8, 4) is 0 Å². The number of nitrogens with two attached hydrogens (primary N) is 1. The zero-order chi connectivity index (χ0) is 13.0. The van der Waals surface area contributed by atoms with E-state index in [-0.39, 0.29) is 5.91 Å². The maximum atomic E-state index is 12.2. The number of amides is 1. The summed E-state index contributed by atoms with van der Waals surface area (Å²) < 4.78 is 5.09. The third-order valence-electron chi connectivity index (χ3n) is 3.06. The van der Waals surface area contributed by atoms with Gasteiger partial charge in [0.1, 0.15) is 6.04 Å². The van der Waals surface area contributed by atoms with Gasteiger partial charge in [-0.15, -0.1) is 11.3 Å². The molecule has 98 valence electrons. The third kappa shape index (κ3) is 2.98. The van der Waals surface area contributed by atoms with Gasteiger partial charge in [-0.05, 0) is 23.4 Å². The maximum Gasteiger partial charge on any atom is 0.245 e. The zero-order valence-corrected chi connectivity index (χ0v) is 11.3. The Kier molecular flexibility index (Phi) is 4.52. The van der Waals surface area contributed by atoms with Gasteiger partial charge < -0.3 is 15.4 Å². The van der Waals surface area contributed by atoms with E-state index in [2.05, 4.69) is 6.08 Å². The largest absolute Gasteiger partial charge is 0.380 e. The lowest BCUT2D eigenvalue weighted by atomic mass is 10.1. The van der Waals surface area contributed by atoms with Gasteiger partial charge in [-0.1, -0.05) is 12.1 Å². The normalized spacial score (nSPS) is 17.4. The molecule has 0 fully saturated rings. The van der Waals surface area contributed by atoms with Gasteiger partial charge in [0.2, 0.25) is 5.91 Å². The van der Waals surface area contributed by atoms with Gasteiger partial charge in [-0.2, -0.15) is 0 Å². The van der Waals surface area contributed by atoms with Crippen LogP contribution in [0.2, 0.25) is 0 Å². The minimum atomic E-state index is -0.526. The molecule has 0 saturated carbocycles. The molecule has 1 aliphatic heterocycles. The Morgan fingerprint density at radius 3 is 3.06 bits per heavy atom. The summed E-state index contributed by atoms with van der Waals surface area (Å²) in [4.78, 5) is 14.9. The summed E-state index contributed by atoms with van der Waals surface area (Å²) in [6.07, 6.45) is 2.93. The van der Waals surface area contributed by atoms with Crippen molar-refractivity contribution in [2.75, 3.05) is 26.8 Å². The van der Waals surface area contributed by atoms with Gasteiger partial charge in [0.25, 0.3) is 0 Å². The topological polar surface area (TPSA) is 55.6 Å². The molecule has 5 heteroatoms. The lowest BCUT2D eigenvalue weighted by Crippen LogP contribution is -2.41. The van der Waals surface area contributed by atoms with Crippen molar-refractivity contribution in [2.24, 2.45) is 5.73 Å². The van der Waals surface area contributed by atoms with Gasteiger partial charge in [-0.3, -0.25) is 4.79 Å². The first-order chi connectivity index (χ1) is 8.72. The van der Waals surface area contributed by atoms with E-state index in [4.69, 9.17) is 10.5 Å². The standard InChI is InChI=1S/C13H18N2O2S/c1-17-9-10-4-6-15(7-5-10)13(16)12(14)11-3-2-8-18-11/h2-4,8,12H,5-7,9,14H2,1H3. The van der Waals surface area contributed by atoms with Crippen molar-refractivity contribution in [3.63, 3.8) is 0 Å². The second-order valence-corrected chi connectivity index (χ2v) is 5.30. The Morgan fingerprint density at radius 2 is 2.50 bits per heavy atom.